The summed E-state index contributed by atoms with van der Waals surface area (Å²) in [5.74, 6) is -1.63. The van der Waals surface area contributed by atoms with Crippen molar-refractivity contribution in [3.05, 3.63) is 108 Å². The minimum atomic E-state index is -4.92. The zero-order valence-corrected chi connectivity index (χ0v) is 15.9. The van der Waals surface area contributed by atoms with Crippen LogP contribution in [-0.4, -0.2) is 15.8 Å². The first-order chi connectivity index (χ1) is 14.8. The molecule has 0 atom stereocenters. The van der Waals surface area contributed by atoms with E-state index in [9.17, 15) is 22.4 Å². The van der Waals surface area contributed by atoms with E-state index in [1.807, 2.05) is 0 Å². The van der Waals surface area contributed by atoms with Crippen LogP contribution in [0.25, 0.3) is 22.6 Å². The number of carbonyl (C=O) groups is 1. The Bertz CT molecular complexity index is 1220. The lowest BCUT2D eigenvalue weighted by atomic mass is 9.95. The molecule has 0 saturated carbocycles. The smallest absolute Gasteiger partial charge is 0.288 e. The predicted molar refractivity (Wildman–Crippen MR) is 108 cm³/mol. The van der Waals surface area contributed by atoms with Crippen molar-refractivity contribution in [3.63, 3.8) is 0 Å². The molecule has 0 unspecified atom stereocenters. The van der Waals surface area contributed by atoms with Crippen LogP contribution in [0, 0.1) is 5.82 Å². The topological polar surface area (TPSA) is 42.9 Å². The van der Waals surface area contributed by atoms with Crippen molar-refractivity contribution in [3.8, 4) is 22.6 Å². The summed E-state index contributed by atoms with van der Waals surface area (Å²) < 4.78 is 55.5. The van der Waals surface area contributed by atoms with Gasteiger partial charge in [-0.2, -0.15) is 13.2 Å². The number of hydrogen-bond acceptors (Lipinski definition) is 3. The highest BCUT2D eigenvalue weighted by molar-refractivity contribution is 6.13. The number of carbonyl (C=O) groups excluding carboxylic acids is 1. The molecule has 0 aliphatic carbocycles. The minimum absolute atomic E-state index is 0.0864. The van der Waals surface area contributed by atoms with Crippen molar-refractivity contribution in [1.82, 2.24) is 9.97 Å². The molecule has 0 aliphatic rings. The Labute approximate surface area is 175 Å². The Balaban J connectivity index is 2.04. The lowest BCUT2D eigenvalue weighted by Crippen LogP contribution is -2.19. The van der Waals surface area contributed by atoms with Gasteiger partial charge in [-0.25, -0.2) is 14.4 Å². The van der Waals surface area contributed by atoms with Crippen LogP contribution in [0.4, 0.5) is 17.6 Å². The second-order valence-electron chi connectivity index (χ2n) is 6.69. The van der Waals surface area contributed by atoms with E-state index < -0.39 is 29.0 Å². The normalized spacial score (nSPS) is 11.4. The SMILES string of the molecule is O=C(c1ccccc1)c1c(-c2ccccc2)nc(-c2ccc(F)cc2)nc1C(F)(F)F. The van der Waals surface area contributed by atoms with Crippen LogP contribution >= 0.6 is 0 Å². The first kappa shape index (κ1) is 20.4. The van der Waals surface area contributed by atoms with Gasteiger partial charge >= 0.3 is 6.18 Å². The number of nitrogens with zero attached hydrogens (tertiary/aromatic N) is 2. The van der Waals surface area contributed by atoms with Gasteiger partial charge in [0.25, 0.3) is 0 Å². The highest BCUT2D eigenvalue weighted by atomic mass is 19.4. The number of benzene rings is 3. The number of alkyl halides is 3. The number of aromatic nitrogens is 2. The molecule has 0 aliphatic heterocycles. The van der Waals surface area contributed by atoms with E-state index >= 15 is 0 Å². The Hall–Kier alpha value is -3.87. The fourth-order valence-corrected chi connectivity index (χ4v) is 3.15. The fourth-order valence-electron chi connectivity index (χ4n) is 3.15. The third-order valence-electron chi connectivity index (χ3n) is 4.59. The van der Waals surface area contributed by atoms with Crippen LogP contribution in [0.5, 0.6) is 0 Å². The van der Waals surface area contributed by atoms with Gasteiger partial charge in [0.2, 0.25) is 0 Å². The van der Waals surface area contributed by atoms with Gasteiger partial charge in [0.1, 0.15) is 5.82 Å². The highest BCUT2D eigenvalue weighted by Crippen LogP contribution is 2.37. The molecule has 1 heterocycles. The second kappa shape index (κ2) is 8.10. The summed E-state index contributed by atoms with van der Waals surface area (Å²) in [6.07, 6.45) is -4.92. The van der Waals surface area contributed by atoms with Gasteiger partial charge in [-0.3, -0.25) is 4.79 Å². The average Bonchev–Trinajstić information content (AvgIpc) is 2.79. The Morgan fingerprint density at radius 2 is 1.29 bits per heavy atom. The summed E-state index contributed by atoms with van der Waals surface area (Å²) in [6.45, 7) is 0. The zero-order chi connectivity index (χ0) is 22.0. The fraction of sp³-hybridized carbons (Fsp3) is 0.0417. The van der Waals surface area contributed by atoms with Crippen LogP contribution in [-0.2, 0) is 6.18 Å². The summed E-state index contributed by atoms with van der Waals surface area (Å²) in [7, 11) is 0. The lowest BCUT2D eigenvalue weighted by molar-refractivity contribution is -0.141. The summed E-state index contributed by atoms with van der Waals surface area (Å²) in [5, 5.41) is 0. The van der Waals surface area contributed by atoms with Crippen molar-refractivity contribution in [2.45, 2.75) is 6.18 Å². The largest absolute Gasteiger partial charge is 0.434 e. The predicted octanol–water partition coefficient (Wildman–Crippen LogP) is 6.20. The van der Waals surface area contributed by atoms with E-state index in [-0.39, 0.29) is 22.6 Å². The molecule has 0 saturated heterocycles. The number of ketones is 1. The van der Waals surface area contributed by atoms with Crippen molar-refractivity contribution in [2.24, 2.45) is 0 Å². The number of rotatable bonds is 4. The quantitative estimate of drug-likeness (QED) is 0.291. The molecule has 0 spiro atoms. The standard InChI is InChI=1S/C24H14F4N2O/c25-18-13-11-17(12-14-18)23-29-20(15-7-3-1-4-8-15)19(22(30-23)24(26,27)28)21(31)16-9-5-2-6-10-16/h1-14H. The van der Waals surface area contributed by atoms with Crippen LogP contribution in [0.15, 0.2) is 84.9 Å². The Kier molecular flexibility index (Phi) is 5.33. The van der Waals surface area contributed by atoms with E-state index in [1.165, 1.54) is 24.3 Å². The molecule has 154 valence electrons. The van der Waals surface area contributed by atoms with Gasteiger partial charge < -0.3 is 0 Å². The molecule has 0 N–H and O–H groups in total. The molecule has 0 bridgehead atoms. The summed E-state index contributed by atoms with van der Waals surface area (Å²) >= 11 is 0. The van der Waals surface area contributed by atoms with Crippen LogP contribution in [0.3, 0.4) is 0 Å². The summed E-state index contributed by atoms with van der Waals surface area (Å²) in [6, 6.07) is 20.6. The van der Waals surface area contributed by atoms with Crippen LogP contribution < -0.4 is 0 Å². The summed E-state index contributed by atoms with van der Waals surface area (Å²) in [4.78, 5) is 21.2. The van der Waals surface area contributed by atoms with Crippen molar-refractivity contribution < 1.29 is 22.4 Å². The lowest BCUT2D eigenvalue weighted by Gasteiger charge is -2.17. The molecule has 0 radical (unpaired) electrons. The molecule has 4 aromatic rings. The zero-order valence-electron chi connectivity index (χ0n) is 15.9. The maximum absolute atomic E-state index is 14.1. The van der Waals surface area contributed by atoms with Gasteiger partial charge in [0.05, 0.1) is 11.3 Å². The third-order valence-corrected chi connectivity index (χ3v) is 4.59. The van der Waals surface area contributed by atoms with Gasteiger partial charge in [0, 0.05) is 16.7 Å². The first-order valence-corrected chi connectivity index (χ1v) is 9.25. The second-order valence-corrected chi connectivity index (χ2v) is 6.69. The first-order valence-electron chi connectivity index (χ1n) is 9.25. The monoisotopic (exact) mass is 422 g/mol. The van der Waals surface area contributed by atoms with Gasteiger partial charge in [-0.05, 0) is 24.3 Å². The maximum atomic E-state index is 14.1. The van der Waals surface area contributed by atoms with Crippen LogP contribution in [0.2, 0.25) is 0 Å². The number of halogens is 4. The van der Waals surface area contributed by atoms with E-state index in [4.69, 9.17) is 0 Å². The molecule has 0 fully saturated rings. The highest BCUT2D eigenvalue weighted by Gasteiger charge is 2.40. The number of hydrogen-bond donors (Lipinski definition) is 0. The van der Waals surface area contributed by atoms with Gasteiger partial charge in [-0.1, -0.05) is 60.7 Å². The molecular weight excluding hydrogens is 408 g/mol. The van der Waals surface area contributed by atoms with Gasteiger partial charge in [0.15, 0.2) is 17.3 Å². The third kappa shape index (κ3) is 4.21. The van der Waals surface area contributed by atoms with E-state index in [2.05, 4.69) is 9.97 Å². The maximum Gasteiger partial charge on any atom is 0.434 e. The molecule has 4 rings (SSSR count). The van der Waals surface area contributed by atoms with Gasteiger partial charge in [-0.15, -0.1) is 0 Å². The average molecular weight is 422 g/mol. The Morgan fingerprint density at radius 1 is 0.710 bits per heavy atom. The molecule has 7 heteroatoms. The van der Waals surface area contributed by atoms with Crippen molar-refractivity contribution in [1.29, 1.82) is 0 Å². The molecule has 1 aromatic heterocycles. The van der Waals surface area contributed by atoms with Crippen molar-refractivity contribution in [2.75, 3.05) is 0 Å². The summed E-state index contributed by atoms with van der Waals surface area (Å²) in [5.41, 5.74) is -1.49. The Morgan fingerprint density at radius 3 is 1.87 bits per heavy atom. The van der Waals surface area contributed by atoms with Crippen molar-refractivity contribution >= 4 is 5.78 Å². The molecule has 0 amide bonds. The van der Waals surface area contributed by atoms with E-state index in [0.717, 1.165) is 12.1 Å². The molecule has 3 aromatic carbocycles. The minimum Gasteiger partial charge on any atom is -0.288 e. The molecule has 3 nitrogen and oxygen atoms in total. The van der Waals surface area contributed by atoms with E-state index in [0.29, 0.717) is 5.56 Å². The molecular formula is C24H14F4N2O. The molecule has 31 heavy (non-hydrogen) atoms. The van der Waals surface area contributed by atoms with Crippen LogP contribution in [0.1, 0.15) is 21.6 Å². The van der Waals surface area contributed by atoms with E-state index in [1.54, 1.807) is 48.5 Å².